The zero-order chi connectivity index (χ0) is 10.7. The third kappa shape index (κ3) is 2.22. The molecule has 0 amide bonds. The predicted molar refractivity (Wildman–Crippen MR) is 65.9 cm³/mol. The van der Waals surface area contributed by atoms with Crippen molar-refractivity contribution in [3.05, 3.63) is 0 Å². The summed E-state index contributed by atoms with van der Waals surface area (Å²) in [6.07, 6.45) is 10.3. The van der Waals surface area contributed by atoms with Gasteiger partial charge in [0, 0.05) is 0 Å². The van der Waals surface area contributed by atoms with Gasteiger partial charge in [0.25, 0.3) is 0 Å². The van der Waals surface area contributed by atoms with Crippen LogP contribution in [0, 0.1) is 17.3 Å². The van der Waals surface area contributed by atoms with E-state index in [1.165, 1.54) is 58.0 Å². The average molecular weight is 209 g/mol. The summed E-state index contributed by atoms with van der Waals surface area (Å²) in [6.45, 7) is 7.46. The van der Waals surface area contributed by atoms with Crippen LogP contribution >= 0.6 is 0 Å². The molecule has 15 heavy (non-hydrogen) atoms. The van der Waals surface area contributed by atoms with Gasteiger partial charge in [0.15, 0.2) is 0 Å². The zero-order valence-electron chi connectivity index (χ0n) is 10.5. The van der Waals surface area contributed by atoms with Crippen molar-refractivity contribution in [2.75, 3.05) is 13.1 Å². The summed E-state index contributed by atoms with van der Waals surface area (Å²) in [5.74, 6) is 1.90. The van der Waals surface area contributed by atoms with Crippen LogP contribution in [0.4, 0.5) is 0 Å². The first kappa shape index (κ1) is 11.4. The molecule has 0 radical (unpaired) electrons. The third-order valence-electron chi connectivity index (χ3n) is 5.09. The first-order valence-electron chi connectivity index (χ1n) is 6.96. The highest BCUT2D eigenvalue weighted by Gasteiger charge is 2.41. The summed E-state index contributed by atoms with van der Waals surface area (Å²) >= 11 is 0. The van der Waals surface area contributed by atoms with E-state index in [1.54, 1.807) is 0 Å². The minimum atomic E-state index is 0.709. The largest absolute Gasteiger partial charge is 0.317 e. The van der Waals surface area contributed by atoms with Gasteiger partial charge in [0.05, 0.1) is 0 Å². The second-order valence-corrected chi connectivity index (χ2v) is 5.97. The molecule has 88 valence electrons. The van der Waals surface area contributed by atoms with Crippen LogP contribution in [0.25, 0.3) is 0 Å². The molecule has 2 rings (SSSR count). The van der Waals surface area contributed by atoms with Gasteiger partial charge in [-0.25, -0.2) is 0 Å². The van der Waals surface area contributed by atoms with Gasteiger partial charge in [-0.05, 0) is 56.0 Å². The lowest BCUT2D eigenvalue weighted by Crippen LogP contribution is -2.43. The van der Waals surface area contributed by atoms with E-state index in [0.717, 1.165) is 11.8 Å². The molecule has 0 aromatic rings. The minimum Gasteiger partial charge on any atom is -0.317 e. The molecule has 1 nitrogen and oxygen atoms in total. The smallest absolute Gasteiger partial charge is 0.00461 e. The molecule has 1 saturated heterocycles. The summed E-state index contributed by atoms with van der Waals surface area (Å²) < 4.78 is 0. The summed E-state index contributed by atoms with van der Waals surface area (Å²) in [5, 5.41) is 3.51. The lowest BCUT2D eigenvalue weighted by atomic mass is 9.58. The fourth-order valence-electron chi connectivity index (χ4n) is 4.06. The lowest BCUT2D eigenvalue weighted by Gasteiger charge is -2.48. The van der Waals surface area contributed by atoms with Crippen LogP contribution in [0.5, 0.6) is 0 Å². The van der Waals surface area contributed by atoms with Crippen molar-refractivity contribution in [2.45, 2.75) is 58.8 Å². The third-order valence-corrected chi connectivity index (χ3v) is 5.09. The first-order chi connectivity index (χ1) is 7.26. The van der Waals surface area contributed by atoms with Crippen molar-refractivity contribution < 1.29 is 0 Å². The van der Waals surface area contributed by atoms with Crippen LogP contribution in [0.2, 0.25) is 0 Å². The van der Waals surface area contributed by atoms with Gasteiger partial charge in [-0.3, -0.25) is 0 Å². The Kier molecular flexibility index (Phi) is 3.71. The van der Waals surface area contributed by atoms with E-state index in [2.05, 4.69) is 19.2 Å². The molecule has 1 heteroatoms. The highest BCUT2D eigenvalue weighted by atomic mass is 14.9. The summed E-state index contributed by atoms with van der Waals surface area (Å²) in [5.41, 5.74) is 0.709. The molecular weight excluding hydrogens is 182 g/mol. The first-order valence-corrected chi connectivity index (χ1v) is 6.96. The SMILES string of the molecule is CC(C)C1(C2CCNCC2)CCCCC1. The van der Waals surface area contributed by atoms with Crippen LogP contribution in [0.3, 0.4) is 0 Å². The van der Waals surface area contributed by atoms with Crippen molar-refractivity contribution in [1.29, 1.82) is 0 Å². The highest BCUT2D eigenvalue weighted by Crippen LogP contribution is 2.50. The van der Waals surface area contributed by atoms with Gasteiger partial charge in [0.1, 0.15) is 0 Å². The van der Waals surface area contributed by atoms with E-state index in [0.29, 0.717) is 5.41 Å². The van der Waals surface area contributed by atoms with Gasteiger partial charge in [-0.15, -0.1) is 0 Å². The van der Waals surface area contributed by atoms with Crippen LogP contribution < -0.4 is 5.32 Å². The summed E-state index contributed by atoms with van der Waals surface area (Å²) in [6, 6.07) is 0. The number of nitrogens with one attached hydrogen (secondary N) is 1. The summed E-state index contributed by atoms with van der Waals surface area (Å²) in [7, 11) is 0. The van der Waals surface area contributed by atoms with Crippen LogP contribution in [-0.4, -0.2) is 13.1 Å². The monoisotopic (exact) mass is 209 g/mol. The standard InChI is InChI=1S/C14H27N/c1-12(2)14(8-4-3-5-9-14)13-6-10-15-11-7-13/h12-13,15H,3-11H2,1-2H3. The number of hydrogen-bond acceptors (Lipinski definition) is 1. The van der Waals surface area contributed by atoms with Crippen molar-refractivity contribution >= 4 is 0 Å². The van der Waals surface area contributed by atoms with Crippen molar-refractivity contribution in [3.63, 3.8) is 0 Å². The van der Waals surface area contributed by atoms with Crippen molar-refractivity contribution in [2.24, 2.45) is 17.3 Å². The molecule has 1 aliphatic carbocycles. The molecule has 1 saturated carbocycles. The van der Waals surface area contributed by atoms with Gasteiger partial charge < -0.3 is 5.32 Å². The minimum absolute atomic E-state index is 0.709. The average Bonchev–Trinajstić information content (AvgIpc) is 2.31. The van der Waals surface area contributed by atoms with E-state index >= 15 is 0 Å². The van der Waals surface area contributed by atoms with E-state index < -0.39 is 0 Å². The maximum Gasteiger partial charge on any atom is -0.00461 e. The molecule has 0 unspecified atom stereocenters. The van der Waals surface area contributed by atoms with E-state index in [9.17, 15) is 0 Å². The quantitative estimate of drug-likeness (QED) is 0.733. The Morgan fingerprint density at radius 2 is 1.60 bits per heavy atom. The molecule has 0 spiro atoms. The number of piperidine rings is 1. The fraction of sp³-hybridized carbons (Fsp3) is 1.00. The molecule has 2 fully saturated rings. The number of hydrogen-bond donors (Lipinski definition) is 1. The molecule has 0 aromatic heterocycles. The van der Waals surface area contributed by atoms with Crippen molar-refractivity contribution in [3.8, 4) is 0 Å². The Balaban J connectivity index is 2.09. The van der Waals surface area contributed by atoms with Crippen LogP contribution in [0.1, 0.15) is 58.8 Å². The second-order valence-electron chi connectivity index (χ2n) is 5.97. The second kappa shape index (κ2) is 4.86. The molecule has 2 aliphatic rings. The van der Waals surface area contributed by atoms with E-state index in [-0.39, 0.29) is 0 Å². The fourth-order valence-corrected chi connectivity index (χ4v) is 4.06. The van der Waals surface area contributed by atoms with E-state index in [1.807, 2.05) is 0 Å². The molecule has 1 aliphatic heterocycles. The summed E-state index contributed by atoms with van der Waals surface area (Å²) in [4.78, 5) is 0. The highest BCUT2D eigenvalue weighted by molar-refractivity contribution is 4.93. The van der Waals surface area contributed by atoms with Crippen LogP contribution in [0.15, 0.2) is 0 Å². The van der Waals surface area contributed by atoms with Gasteiger partial charge in [-0.2, -0.15) is 0 Å². The Bertz CT molecular complexity index is 186. The predicted octanol–water partition coefficient (Wildman–Crippen LogP) is 3.59. The Labute approximate surface area is 95.0 Å². The zero-order valence-corrected chi connectivity index (χ0v) is 10.5. The van der Waals surface area contributed by atoms with Gasteiger partial charge in [0.2, 0.25) is 0 Å². The topological polar surface area (TPSA) is 12.0 Å². The number of rotatable bonds is 2. The molecule has 0 atom stereocenters. The van der Waals surface area contributed by atoms with Gasteiger partial charge >= 0.3 is 0 Å². The Morgan fingerprint density at radius 3 is 2.13 bits per heavy atom. The molecular formula is C14H27N. The van der Waals surface area contributed by atoms with E-state index in [4.69, 9.17) is 0 Å². The normalized spacial score (nSPS) is 28.2. The molecule has 0 aromatic carbocycles. The Morgan fingerprint density at radius 1 is 1.00 bits per heavy atom. The van der Waals surface area contributed by atoms with Gasteiger partial charge in [-0.1, -0.05) is 33.1 Å². The Hall–Kier alpha value is -0.0400. The molecule has 0 bridgehead atoms. The maximum absolute atomic E-state index is 3.51. The maximum atomic E-state index is 3.51. The van der Waals surface area contributed by atoms with Crippen molar-refractivity contribution in [1.82, 2.24) is 5.32 Å². The molecule has 1 heterocycles. The molecule has 1 N–H and O–H groups in total. The van der Waals surface area contributed by atoms with Crippen LogP contribution in [-0.2, 0) is 0 Å². The lowest BCUT2D eigenvalue weighted by molar-refractivity contribution is 0.0227.